The highest BCUT2D eigenvalue weighted by Crippen LogP contribution is 2.23. The van der Waals surface area contributed by atoms with Crippen LogP contribution in [0.2, 0.25) is 0 Å². The maximum atomic E-state index is 12.8. The van der Waals surface area contributed by atoms with E-state index < -0.39 is 0 Å². The molecule has 0 radical (unpaired) electrons. The molecule has 1 aromatic heterocycles. The topological polar surface area (TPSA) is 69.7 Å². The van der Waals surface area contributed by atoms with Gasteiger partial charge in [-0.15, -0.1) is 11.3 Å². The van der Waals surface area contributed by atoms with Crippen LogP contribution in [0.1, 0.15) is 28.9 Å². The highest BCUT2D eigenvalue weighted by Gasteiger charge is 2.16. The number of ether oxygens (including phenoxy) is 3. The summed E-state index contributed by atoms with van der Waals surface area (Å²) in [6.07, 6.45) is 2.25. The molecule has 1 unspecified atom stereocenters. The van der Waals surface area contributed by atoms with E-state index in [-0.39, 0.29) is 12.0 Å². The molecule has 6 nitrogen and oxygen atoms in total. The molecule has 7 heteroatoms. The average molecular weight is 410 g/mol. The van der Waals surface area contributed by atoms with E-state index in [1.165, 1.54) is 11.3 Å². The van der Waals surface area contributed by atoms with Crippen molar-refractivity contribution >= 4 is 22.9 Å². The fourth-order valence-corrected chi connectivity index (χ4v) is 3.61. The number of benzene rings is 2. The number of aromatic nitrogens is 1. The van der Waals surface area contributed by atoms with Gasteiger partial charge in [0, 0.05) is 23.7 Å². The van der Waals surface area contributed by atoms with Crippen molar-refractivity contribution in [1.29, 1.82) is 0 Å². The third kappa shape index (κ3) is 5.34. The second kappa shape index (κ2) is 9.54. The summed E-state index contributed by atoms with van der Waals surface area (Å²) in [5, 5.41) is 4.84. The van der Waals surface area contributed by atoms with Crippen molar-refractivity contribution < 1.29 is 19.0 Å². The Morgan fingerprint density at radius 2 is 2.14 bits per heavy atom. The first-order chi connectivity index (χ1) is 14.3. The summed E-state index contributed by atoms with van der Waals surface area (Å²) in [6.45, 7) is 1.64. The first kappa shape index (κ1) is 19.4. The van der Waals surface area contributed by atoms with Crippen LogP contribution < -0.4 is 14.8 Å². The van der Waals surface area contributed by atoms with Crippen LogP contribution >= 0.6 is 11.3 Å². The van der Waals surface area contributed by atoms with Crippen LogP contribution in [-0.2, 0) is 11.3 Å². The maximum Gasteiger partial charge on any atom is 0.259 e. The molecule has 2 heterocycles. The molecular weight excluding hydrogens is 388 g/mol. The molecule has 0 aliphatic carbocycles. The van der Waals surface area contributed by atoms with Gasteiger partial charge in [-0.1, -0.05) is 18.2 Å². The van der Waals surface area contributed by atoms with Crippen LogP contribution in [0, 0.1) is 0 Å². The zero-order valence-corrected chi connectivity index (χ0v) is 16.7. The third-order valence-corrected chi connectivity index (χ3v) is 5.18. The predicted molar refractivity (Wildman–Crippen MR) is 112 cm³/mol. The van der Waals surface area contributed by atoms with Crippen molar-refractivity contribution in [2.24, 2.45) is 0 Å². The highest BCUT2D eigenvalue weighted by molar-refractivity contribution is 7.07. The van der Waals surface area contributed by atoms with Gasteiger partial charge in [0.2, 0.25) is 0 Å². The van der Waals surface area contributed by atoms with Gasteiger partial charge in [0.1, 0.15) is 24.7 Å². The van der Waals surface area contributed by atoms with Crippen molar-refractivity contribution in [3.05, 3.63) is 70.7 Å². The largest absolute Gasteiger partial charge is 0.491 e. The molecule has 0 saturated carbocycles. The first-order valence-electron chi connectivity index (χ1n) is 9.52. The van der Waals surface area contributed by atoms with E-state index in [0.717, 1.165) is 25.1 Å². The first-order valence-corrected chi connectivity index (χ1v) is 10.5. The molecule has 3 aromatic rings. The van der Waals surface area contributed by atoms with Crippen molar-refractivity contribution in [1.82, 2.24) is 4.98 Å². The van der Waals surface area contributed by atoms with Crippen LogP contribution in [0.5, 0.6) is 11.5 Å². The van der Waals surface area contributed by atoms with Gasteiger partial charge >= 0.3 is 0 Å². The van der Waals surface area contributed by atoms with E-state index in [2.05, 4.69) is 10.3 Å². The molecular formula is C22H22N2O4S. The summed E-state index contributed by atoms with van der Waals surface area (Å²) in [7, 11) is 0. The zero-order valence-electron chi connectivity index (χ0n) is 15.9. The van der Waals surface area contributed by atoms with Crippen molar-refractivity contribution in [2.45, 2.75) is 25.6 Å². The molecule has 1 aliphatic rings. The fourth-order valence-electron chi connectivity index (χ4n) is 3.07. The number of rotatable bonds is 8. The summed E-state index contributed by atoms with van der Waals surface area (Å²) >= 11 is 1.51. The number of para-hydroxylation sites is 1. The number of carbonyl (C=O) groups is 1. The van der Waals surface area contributed by atoms with E-state index >= 15 is 0 Å². The molecule has 0 bridgehead atoms. The minimum atomic E-state index is -0.241. The lowest BCUT2D eigenvalue weighted by Gasteiger charge is -2.13. The van der Waals surface area contributed by atoms with Crippen molar-refractivity contribution in [3.8, 4) is 11.5 Å². The monoisotopic (exact) mass is 410 g/mol. The number of thiazole rings is 1. The average Bonchev–Trinajstić information content (AvgIpc) is 3.45. The molecule has 1 saturated heterocycles. The molecule has 2 aromatic carbocycles. The Hall–Kier alpha value is -2.90. The van der Waals surface area contributed by atoms with Gasteiger partial charge in [-0.2, -0.15) is 0 Å². The number of carbonyl (C=O) groups excluding carboxylic acids is 1. The van der Waals surface area contributed by atoms with Gasteiger partial charge in [0.15, 0.2) is 0 Å². The molecule has 1 fully saturated rings. The molecule has 1 amide bonds. The van der Waals surface area contributed by atoms with Gasteiger partial charge in [-0.05, 0) is 37.1 Å². The fraction of sp³-hybridized carbons (Fsp3) is 0.273. The maximum absolute atomic E-state index is 12.8. The Morgan fingerprint density at radius 1 is 1.21 bits per heavy atom. The Morgan fingerprint density at radius 3 is 2.97 bits per heavy atom. The number of hydrogen-bond donors (Lipinski definition) is 1. The van der Waals surface area contributed by atoms with E-state index in [4.69, 9.17) is 14.2 Å². The quantitative estimate of drug-likeness (QED) is 0.591. The number of hydrogen-bond acceptors (Lipinski definition) is 6. The lowest BCUT2D eigenvalue weighted by Crippen LogP contribution is -2.16. The summed E-state index contributed by atoms with van der Waals surface area (Å²) in [5.74, 6) is 0.977. The SMILES string of the molecule is O=C(Nc1cccc(OCC2CCCO2)c1)c1ccccc1OCc1cscn1. The van der Waals surface area contributed by atoms with Gasteiger partial charge in [-0.3, -0.25) is 4.79 Å². The molecule has 29 heavy (non-hydrogen) atoms. The number of amides is 1. The Bertz CT molecular complexity index is 940. The summed E-state index contributed by atoms with van der Waals surface area (Å²) in [6, 6.07) is 14.5. The lowest BCUT2D eigenvalue weighted by atomic mass is 10.2. The van der Waals surface area contributed by atoms with E-state index in [9.17, 15) is 4.79 Å². The minimum absolute atomic E-state index is 0.148. The van der Waals surface area contributed by atoms with Crippen LogP contribution in [0.25, 0.3) is 0 Å². The molecule has 150 valence electrons. The molecule has 1 atom stereocenters. The lowest BCUT2D eigenvalue weighted by molar-refractivity contribution is 0.0680. The number of anilines is 1. The number of nitrogens with zero attached hydrogens (tertiary/aromatic N) is 1. The van der Waals surface area contributed by atoms with E-state index in [0.29, 0.717) is 36.0 Å². The second-order valence-corrected chi connectivity index (χ2v) is 7.41. The number of nitrogens with one attached hydrogen (secondary N) is 1. The van der Waals surface area contributed by atoms with Crippen molar-refractivity contribution in [2.75, 3.05) is 18.5 Å². The Labute approximate surface area is 173 Å². The highest BCUT2D eigenvalue weighted by atomic mass is 32.1. The molecule has 4 rings (SSSR count). The Balaban J connectivity index is 1.39. The molecule has 1 N–H and O–H groups in total. The van der Waals surface area contributed by atoms with Crippen LogP contribution in [-0.4, -0.2) is 30.2 Å². The Kier molecular flexibility index (Phi) is 6.38. The smallest absolute Gasteiger partial charge is 0.259 e. The van der Waals surface area contributed by atoms with E-state index in [1.54, 1.807) is 17.6 Å². The summed E-state index contributed by atoms with van der Waals surface area (Å²) < 4.78 is 17.2. The normalized spacial score (nSPS) is 15.8. The second-order valence-electron chi connectivity index (χ2n) is 6.69. The third-order valence-electron chi connectivity index (χ3n) is 4.54. The van der Waals surface area contributed by atoms with Gasteiger partial charge < -0.3 is 19.5 Å². The van der Waals surface area contributed by atoms with E-state index in [1.807, 2.05) is 41.8 Å². The summed E-state index contributed by atoms with van der Waals surface area (Å²) in [5.41, 5.74) is 3.72. The zero-order chi connectivity index (χ0) is 19.9. The van der Waals surface area contributed by atoms with Gasteiger partial charge in [0.25, 0.3) is 5.91 Å². The standard InChI is InChI=1S/C22H22N2O4S/c25-22(20-8-1-2-9-21(20)28-12-17-14-29-15-23-17)24-16-5-3-6-18(11-16)27-13-19-7-4-10-26-19/h1-3,5-6,8-9,11,14-15,19H,4,7,10,12-13H2,(H,24,25). The minimum Gasteiger partial charge on any atom is -0.491 e. The van der Waals surface area contributed by atoms with Crippen LogP contribution in [0.4, 0.5) is 5.69 Å². The van der Waals surface area contributed by atoms with Crippen LogP contribution in [0.15, 0.2) is 59.4 Å². The van der Waals surface area contributed by atoms with Crippen molar-refractivity contribution in [3.63, 3.8) is 0 Å². The molecule has 0 spiro atoms. The molecule has 1 aliphatic heterocycles. The summed E-state index contributed by atoms with van der Waals surface area (Å²) in [4.78, 5) is 17.0. The van der Waals surface area contributed by atoms with Crippen LogP contribution in [0.3, 0.4) is 0 Å². The predicted octanol–water partition coefficient (Wildman–Crippen LogP) is 4.53. The van der Waals surface area contributed by atoms with Gasteiger partial charge in [0.05, 0.1) is 22.9 Å². The van der Waals surface area contributed by atoms with Gasteiger partial charge in [-0.25, -0.2) is 4.98 Å².